The van der Waals surface area contributed by atoms with Gasteiger partial charge in [-0.25, -0.2) is 4.98 Å². The second-order valence-corrected chi connectivity index (χ2v) is 5.38. The number of anilines is 1. The van der Waals surface area contributed by atoms with E-state index in [2.05, 4.69) is 20.1 Å². The van der Waals surface area contributed by atoms with Crippen LogP contribution in [0.1, 0.15) is 16.4 Å². The Morgan fingerprint density at radius 3 is 3.16 bits per heavy atom. The standard InChI is InChI=1S/C11H15N5O2S/c1-18-6-8-9(5-17)19-11(13-8)15-2-3-16-7-12-14-10(16)4-15/h7,17H,2-6H2,1H3. The van der Waals surface area contributed by atoms with Crippen molar-refractivity contribution in [3.63, 3.8) is 0 Å². The lowest BCUT2D eigenvalue weighted by molar-refractivity contribution is 0.179. The maximum atomic E-state index is 9.35. The van der Waals surface area contributed by atoms with Crippen LogP contribution in [-0.4, -0.2) is 38.5 Å². The fraction of sp³-hybridized carbons (Fsp3) is 0.545. The van der Waals surface area contributed by atoms with Crippen LogP contribution in [0, 0.1) is 0 Å². The number of aliphatic hydroxyl groups excluding tert-OH is 1. The summed E-state index contributed by atoms with van der Waals surface area (Å²) in [5.41, 5.74) is 0.817. The van der Waals surface area contributed by atoms with Crippen LogP contribution in [0.3, 0.4) is 0 Å². The number of methoxy groups -OCH3 is 1. The van der Waals surface area contributed by atoms with Crippen LogP contribution in [0.15, 0.2) is 6.33 Å². The minimum atomic E-state index is 0.000380. The van der Waals surface area contributed by atoms with Crippen molar-refractivity contribution < 1.29 is 9.84 Å². The van der Waals surface area contributed by atoms with Crippen molar-refractivity contribution in [3.05, 3.63) is 22.7 Å². The SMILES string of the molecule is COCc1nc(N2CCn3cnnc3C2)sc1CO. The smallest absolute Gasteiger partial charge is 0.186 e. The zero-order valence-corrected chi connectivity index (χ0v) is 11.4. The Morgan fingerprint density at radius 2 is 2.37 bits per heavy atom. The van der Waals surface area contributed by atoms with Crippen molar-refractivity contribution in [2.45, 2.75) is 26.3 Å². The second-order valence-electron chi connectivity index (χ2n) is 4.32. The molecule has 3 heterocycles. The molecule has 0 spiro atoms. The minimum absolute atomic E-state index is 0.000380. The first-order valence-corrected chi connectivity index (χ1v) is 6.83. The highest BCUT2D eigenvalue weighted by molar-refractivity contribution is 7.15. The maximum Gasteiger partial charge on any atom is 0.186 e. The molecule has 1 aliphatic rings. The van der Waals surface area contributed by atoms with Gasteiger partial charge in [0.25, 0.3) is 0 Å². The Balaban J connectivity index is 1.83. The summed E-state index contributed by atoms with van der Waals surface area (Å²) in [6.45, 7) is 2.85. The van der Waals surface area contributed by atoms with Crippen molar-refractivity contribution in [1.29, 1.82) is 0 Å². The largest absolute Gasteiger partial charge is 0.391 e. The lowest BCUT2D eigenvalue weighted by Gasteiger charge is -2.26. The Labute approximate surface area is 114 Å². The summed E-state index contributed by atoms with van der Waals surface area (Å²) in [6, 6.07) is 0. The van der Waals surface area contributed by atoms with Gasteiger partial charge >= 0.3 is 0 Å². The summed E-state index contributed by atoms with van der Waals surface area (Å²) in [4.78, 5) is 7.58. The molecule has 2 aromatic heterocycles. The van der Waals surface area contributed by atoms with Gasteiger partial charge in [-0.1, -0.05) is 11.3 Å². The summed E-state index contributed by atoms with van der Waals surface area (Å²) in [5.74, 6) is 0.945. The number of fused-ring (bicyclic) bond motifs is 1. The molecule has 0 bridgehead atoms. The molecule has 0 saturated carbocycles. The average Bonchev–Trinajstić information content (AvgIpc) is 3.04. The van der Waals surface area contributed by atoms with Crippen LogP contribution in [0.2, 0.25) is 0 Å². The summed E-state index contributed by atoms with van der Waals surface area (Å²) >= 11 is 1.51. The van der Waals surface area contributed by atoms with Crippen LogP contribution in [0.4, 0.5) is 5.13 Å². The summed E-state index contributed by atoms with van der Waals surface area (Å²) in [6.07, 6.45) is 1.75. The quantitative estimate of drug-likeness (QED) is 0.874. The number of rotatable bonds is 4. The number of aromatic nitrogens is 4. The average molecular weight is 281 g/mol. The number of hydrogen-bond donors (Lipinski definition) is 1. The second kappa shape index (κ2) is 5.24. The number of ether oxygens (including phenoxy) is 1. The molecule has 19 heavy (non-hydrogen) atoms. The summed E-state index contributed by atoms with van der Waals surface area (Å²) in [5, 5.41) is 18.3. The maximum absolute atomic E-state index is 9.35. The molecule has 8 heteroatoms. The highest BCUT2D eigenvalue weighted by atomic mass is 32.1. The van der Waals surface area contributed by atoms with Crippen LogP contribution < -0.4 is 4.90 Å². The van der Waals surface area contributed by atoms with Crippen molar-refractivity contribution in [2.24, 2.45) is 0 Å². The van der Waals surface area contributed by atoms with Gasteiger partial charge in [0.2, 0.25) is 0 Å². The van der Waals surface area contributed by atoms with Crippen molar-refractivity contribution in [1.82, 2.24) is 19.7 Å². The normalized spacial score (nSPS) is 14.7. The van der Waals surface area contributed by atoms with Gasteiger partial charge in [0, 0.05) is 20.2 Å². The predicted octanol–water partition coefficient (Wildman–Crippen LogP) is 0.394. The molecule has 0 unspecified atom stereocenters. The van der Waals surface area contributed by atoms with Gasteiger partial charge in [-0.3, -0.25) is 0 Å². The molecule has 7 nitrogen and oxygen atoms in total. The van der Waals surface area contributed by atoms with Gasteiger partial charge in [-0.2, -0.15) is 0 Å². The van der Waals surface area contributed by atoms with Crippen LogP contribution >= 0.6 is 11.3 Å². The number of thiazole rings is 1. The van der Waals surface area contributed by atoms with Crippen LogP contribution in [0.25, 0.3) is 0 Å². The highest BCUT2D eigenvalue weighted by Gasteiger charge is 2.21. The first kappa shape index (κ1) is 12.5. The number of nitrogens with zero attached hydrogens (tertiary/aromatic N) is 5. The monoisotopic (exact) mass is 281 g/mol. The van der Waals surface area contributed by atoms with E-state index in [1.54, 1.807) is 13.4 Å². The molecular formula is C11H15N5O2S. The first-order chi connectivity index (χ1) is 9.31. The Bertz CT molecular complexity index is 567. The summed E-state index contributed by atoms with van der Waals surface area (Å²) in [7, 11) is 1.63. The van der Waals surface area contributed by atoms with Crippen molar-refractivity contribution in [3.8, 4) is 0 Å². The van der Waals surface area contributed by atoms with E-state index in [9.17, 15) is 5.11 Å². The van der Waals surface area contributed by atoms with Gasteiger partial charge < -0.3 is 19.3 Å². The number of aliphatic hydroxyl groups is 1. The third-order valence-corrected chi connectivity index (χ3v) is 4.24. The predicted molar refractivity (Wildman–Crippen MR) is 69.8 cm³/mol. The molecule has 102 valence electrons. The fourth-order valence-electron chi connectivity index (χ4n) is 2.11. The van der Waals surface area contributed by atoms with Crippen LogP contribution in [0.5, 0.6) is 0 Å². The van der Waals surface area contributed by atoms with E-state index in [0.717, 1.165) is 34.6 Å². The molecule has 0 atom stereocenters. The zero-order valence-electron chi connectivity index (χ0n) is 10.6. The van der Waals surface area contributed by atoms with Crippen molar-refractivity contribution in [2.75, 3.05) is 18.6 Å². The first-order valence-electron chi connectivity index (χ1n) is 6.02. The molecular weight excluding hydrogens is 266 g/mol. The summed E-state index contributed by atoms with van der Waals surface area (Å²) < 4.78 is 7.15. The van der Waals surface area contributed by atoms with E-state index in [0.29, 0.717) is 13.2 Å². The molecule has 3 rings (SSSR count). The molecule has 0 amide bonds. The van der Waals surface area contributed by atoms with Crippen molar-refractivity contribution >= 4 is 16.5 Å². The van der Waals surface area contributed by atoms with Gasteiger partial charge in [-0.05, 0) is 0 Å². The van der Waals surface area contributed by atoms with Gasteiger partial charge in [-0.15, -0.1) is 10.2 Å². The van der Waals surface area contributed by atoms with E-state index in [1.807, 2.05) is 4.57 Å². The number of hydrogen-bond acceptors (Lipinski definition) is 7. The molecule has 1 N–H and O–H groups in total. The topological polar surface area (TPSA) is 76.3 Å². The Kier molecular flexibility index (Phi) is 3.45. The van der Waals surface area contributed by atoms with Crippen LogP contribution in [-0.2, 0) is 31.0 Å². The van der Waals surface area contributed by atoms with Gasteiger partial charge in [0.05, 0.1) is 30.3 Å². The molecule has 0 fully saturated rings. The fourth-order valence-corrected chi connectivity index (χ4v) is 3.06. The molecule has 0 saturated heterocycles. The van der Waals surface area contributed by atoms with E-state index in [1.165, 1.54) is 11.3 Å². The molecule has 1 aliphatic heterocycles. The lowest BCUT2D eigenvalue weighted by Crippen LogP contribution is -2.33. The molecule has 0 radical (unpaired) electrons. The lowest BCUT2D eigenvalue weighted by atomic mass is 10.4. The third kappa shape index (κ3) is 2.34. The minimum Gasteiger partial charge on any atom is -0.391 e. The van der Waals surface area contributed by atoms with E-state index < -0.39 is 0 Å². The third-order valence-electron chi connectivity index (χ3n) is 3.10. The van der Waals surface area contributed by atoms with Gasteiger partial charge in [0.15, 0.2) is 11.0 Å². The van der Waals surface area contributed by atoms with E-state index in [4.69, 9.17) is 4.74 Å². The van der Waals surface area contributed by atoms with E-state index in [-0.39, 0.29) is 6.61 Å². The zero-order chi connectivity index (χ0) is 13.2. The molecule has 0 aliphatic carbocycles. The Hall–Kier alpha value is -1.51. The highest BCUT2D eigenvalue weighted by Crippen LogP contribution is 2.29. The van der Waals surface area contributed by atoms with Gasteiger partial charge in [0.1, 0.15) is 6.33 Å². The van der Waals surface area contributed by atoms with E-state index >= 15 is 0 Å². The molecule has 0 aromatic carbocycles. The molecule has 2 aromatic rings. The Morgan fingerprint density at radius 1 is 1.47 bits per heavy atom.